The Hall–Kier alpha value is -2.71. The smallest absolute Gasteiger partial charge is 0.407 e. The maximum absolute atomic E-state index is 11.7. The Balaban J connectivity index is 1.48. The SMILES string of the molecule is C=CCOC(=O)NCc1ccc([C@@H]2O[C@H](CN3CCCCCCC3)[C@H](C)[C@H](c3ccc(CO)cc3)O2)cc1. The summed E-state index contributed by atoms with van der Waals surface area (Å²) in [7, 11) is 0. The third-order valence-corrected chi connectivity index (χ3v) is 7.53. The summed E-state index contributed by atoms with van der Waals surface area (Å²) >= 11 is 0. The van der Waals surface area contributed by atoms with Crippen LogP contribution in [-0.4, -0.2) is 48.4 Å². The van der Waals surface area contributed by atoms with Crippen molar-refractivity contribution in [1.29, 1.82) is 0 Å². The van der Waals surface area contributed by atoms with Gasteiger partial charge >= 0.3 is 6.09 Å². The molecule has 4 rings (SSSR count). The first-order chi connectivity index (χ1) is 18.6. The lowest BCUT2D eigenvalue weighted by molar-refractivity contribution is -0.276. The number of likely N-dealkylation sites (tertiary alicyclic amines) is 1. The van der Waals surface area contributed by atoms with Gasteiger partial charge in [0.05, 0.1) is 18.8 Å². The number of alkyl carbamates (subject to hydrolysis) is 1. The zero-order valence-electron chi connectivity index (χ0n) is 22.5. The van der Waals surface area contributed by atoms with Crippen LogP contribution in [-0.2, 0) is 27.4 Å². The highest BCUT2D eigenvalue weighted by atomic mass is 16.7. The molecule has 0 aromatic heterocycles. The second-order valence-electron chi connectivity index (χ2n) is 10.4. The van der Waals surface area contributed by atoms with E-state index in [-0.39, 0.29) is 31.3 Å². The Kier molecular flexibility index (Phi) is 10.8. The van der Waals surface area contributed by atoms with Crippen LogP contribution in [0.25, 0.3) is 0 Å². The van der Waals surface area contributed by atoms with Crippen LogP contribution >= 0.6 is 0 Å². The summed E-state index contributed by atoms with van der Waals surface area (Å²) in [5, 5.41) is 12.2. The molecule has 7 nitrogen and oxygen atoms in total. The quantitative estimate of drug-likeness (QED) is 0.415. The lowest BCUT2D eigenvalue weighted by Crippen LogP contribution is -2.45. The lowest BCUT2D eigenvalue weighted by atomic mass is 9.89. The summed E-state index contributed by atoms with van der Waals surface area (Å²) in [4.78, 5) is 14.3. The van der Waals surface area contributed by atoms with E-state index in [9.17, 15) is 9.90 Å². The predicted molar refractivity (Wildman–Crippen MR) is 147 cm³/mol. The van der Waals surface area contributed by atoms with Crippen LogP contribution in [0.15, 0.2) is 61.2 Å². The maximum atomic E-state index is 11.7. The van der Waals surface area contributed by atoms with Crippen molar-refractivity contribution < 1.29 is 24.1 Å². The molecule has 2 saturated heterocycles. The molecule has 38 heavy (non-hydrogen) atoms. The molecule has 1 amide bonds. The number of carbonyl (C=O) groups excluding carboxylic acids is 1. The van der Waals surface area contributed by atoms with Gasteiger partial charge in [0.25, 0.3) is 0 Å². The number of benzene rings is 2. The van der Waals surface area contributed by atoms with Crippen molar-refractivity contribution in [3.63, 3.8) is 0 Å². The average Bonchev–Trinajstić information content (AvgIpc) is 2.93. The monoisotopic (exact) mass is 522 g/mol. The molecule has 2 fully saturated rings. The molecule has 0 spiro atoms. The fourth-order valence-corrected chi connectivity index (χ4v) is 5.23. The Morgan fingerprint density at radius 2 is 1.63 bits per heavy atom. The fourth-order valence-electron chi connectivity index (χ4n) is 5.23. The molecule has 2 aromatic carbocycles. The van der Waals surface area contributed by atoms with Gasteiger partial charge < -0.3 is 29.5 Å². The summed E-state index contributed by atoms with van der Waals surface area (Å²) in [6.07, 6.45) is 6.90. The van der Waals surface area contributed by atoms with Crippen LogP contribution in [0.1, 0.15) is 73.7 Å². The van der Waals surface area contributed by atoms with E-state index in [0.29, 0.717) is 6.54 Å². The van der Waals surface area contributed by atoms with Gasteiger partial charge in [0.15, 0.2) is 6.29 Å². The van der Waals surface area contributed by atoms with Crippen LogP contribution in [0.4, 0.5) is 4.79 Å². The summed E-state index contributed by atoms with van der Waals surface area (Å²) in [5.74, 6) is 0.168. The maximum Gasteiger partial charge on any atom is 0.407 e. The average molecular weight is 523 g/mol. The highest BCUT2D eigenvalue weighted by molar-refractivity contribution is 5.67. The van der Waals surface area contributed by atoms with E-state index in [1.165, 1.54) is 38.2 Å². The minimum Gasteiger partial charge on any atom is -0.445 e. The molecule has 7 heteroatoms. The third kappa shape index (κ3) is 7.90. The summed E-state index contributed by atoms with van der Waals surface area (Å²) in [6, 6.07) is 16.0. The summed E-state index contributed by atoms with van der Waals surface area (Å²) in [5.41, 5.74) is 3.89. The molecular formula is C31H42N2O5. The van der Waals surface area contributed by atoms with Gasteiger partial charge in [0.2, 0.25) is 0 Å². The van der Waals surface area contributed by atoms with E-state index in [0.717, 1.165) is 41.9 Å². The molecule has 0 radical (unpaired) electrons. The number of hydrogen-bond donors (Lipinski definition) is 2. The number of ether oxygens (including phenoxy) is 3. The van der Waals surface area contributed by atoms with Crippen molar-refractivity contribution in [1.82, 2.24) is 10.2 Å². The van der Waals surface area contributed by atoms with E-state index < -0.39 is 12.4 Å². The summed E-state index contributed by atoms with van der Waals surface area (Å²) < 4.78 is 18.2. The summed E-state index contributed by atoms with van der Waals surface area (Å²) in [6.45, 7) is 9.47. The second kappa shape index (κ2) is 14.4. The van der Waals surface area contributed by atoms with E-state index in [1.54, 1.807) is 0 Å². The largest absolute Gasteiger partial charge is 0.445 e. The van der Waals surface area contributed by atoms with Gasteiger partial charge in [-0.05, 0) is 42.6 Å². The van der Waals surface area contributed by atoms with Crippen molar-refractivity contribution >= 4 is 6.09 Å². The zero-order chi connectivity index (χ0) is 26.7. The van der Waals surface area contributed by atoms with Gasteiger partial charge in [0.1, 0.15) is 6.61 Å². The molecule has 0 bridgehead atoms. The highest BCUT2D eigenvalue weighted by Gasteiger charge is 2.39. The van der Waals surface area contributed by atoms with Crippen LogP contribution < -0.4 is 5.32 Å². The van der Waals surface area contributed by atoms with Gasteiger partial charge in [-0.3, -0.25) is 0 Å². The molecule has 2 aliphatic rings. The minimum atomic E-state index is -0.493. The first kappa shape index (κ1) is 28.3. The molecule has 0 saturated carbocycles. The first-order valence-electron chi connectivity index (χ1n) is 13.9. The Morgan fingerprint density at radius 3 is 2.29 bits per heavy atom. The van der Waals surface area contributed by atoms with E-state index in [2.05, 4.69) is 35.9 Å². The first-order valence-corrected chi connectivity index (χ1v) is 13.9. The van der Waals surface area contributed by atoms with Crippen LogP contribution in [0.5, 0.6) is 0 Å². The van der Waals surface area contributed by atoms with Gasteiger partial charge in [-0.25, -0.2) is 4.79 Å². The number of aliphatic hydroxyl groups excluding tert-OH is 1. The van der Waals surface area contributed by atoms with Crippen LogP contribution in [0.2, 0.25) is 0 Å². The predicted octanol–water partition coefficient (Wildman–Crippen LogP) is 5.65. The number of carbonyl (C=O) groups is 1. The number of aliphatic hydroxyl groups is 1. The molecular weight excluding hydrogens is 480 g/mol. The lowest BCUT2D eigenvalue weighted by Gasteiger charge is -2.43. The number of nitrogens with zero attached hydrogens (tertiary/aromatic N) is 1. The molecule has 2 aromatic rings. The standard InChI is InChI=1S/C31H42N2O5/c1-3-19-36-31(35)32-20-24-9-15-27(16-10-24)30-37-28(21-33-17-7-5-4-6-8-18-33)23(2)29(38-30)26-13-11-25(22-34)12-14-26/h3,9-16,23,28-30,34H,1,4-8,17-22H2,2H3,(H,32,35)/t23-,28+,29+,30+/m0/s1. The van der Waals surface area contributed by atoms with Gasteiger partial charge in [-0.2, -0.15) is 0 Å². The van der Waals surface area contributed by atoms with Crippen molar-refractivity contribution in [3.8, 4) is 0 Å². The molecule has 2 heterocycles. The molecule has 4 atom stereocenters. The zero-order valence-corrected chi connectivity index (χ0v) is 22.5. The van der Waals surface area contributed by atoms with Crippen molar-refractivity contribution in [3.05, 3.63) is 83.4 Å². The van der Waals surface area contributed by atoms with E-state index in [4.69, 9.17) is 14.2 Å². The van der Waals surface area contributed by atoms with Crippen molar-refractivity contribution in [2.75, 3.05) is 26.2 Å². The topological polar surface area (TPSA) is 80.3 Å². The number of hydrogen-bond acceptors (Lipinski definition) is 6. The molecule has 0 aliphatic carbocycles. The van der Waals surface area contributed by atoms with E-state index >= 15 is 0 Å². The Labute approximate surface area is 226 Å². The number of nitrogens with one attached hydrogen (secondary N) is 1. The van der Waals surface area contributed by atoms with Gasteiger partial charge in [-0.15, -0.1) is 0 Å². The molecule has 2 N–H and O–H groups in total. The second-order valence-corrected chi connectivity index (χ2v) is 10.4. The van der Waals surface area contributed by atoms with Gasteiger partial charge in [-0.1, -0.05) is 87.4 Å². The highest BCUT2D eigenvalue weighted by Crippen LogP contribution is 2.42. The van der Waals surface area contributed by atoms with E-state index in [1.807, 2.05) is 36.4 Å². The fraction of sp³-hybridized carbons (Fsp3) is 0.516. The molecule has 0 unspecified atom stereocenters. The minimum absolute atomic E-state index is 0.0247. The number of amides is 1. The van der Waals surface area contributed by atoms with Crippen LogP contribution in [0.3, 0.4) is 0 Å². The van der Waals surface area contributed by atoms with Gasteiger partial charge in [0, 0.05) is 24.6 Å². The van der Waals surface area contributed by atoms with Crippen molar-refractivity contribution in [2.24, 2.45) is 5.92 Å². The molecule has 2 aliphatic heterocycles. The van der Waals surface area contributed by atoms with Crippen molar-refractivity contribution in [2.45, 2.75) is 70.7 Å². The Bertz CT molecular complexity index is 1000. The third-order valence-electron chi connectivity index (χ3n) is 7.53. The van der Waals surface area contributed by atoms with Crippen LogP contribution in [0, 0.1) is 5.92 Å². The molecule has 206 valence electrons. The normalized spacial score (nSPS) is 24.7. The number of rotatable bonds is 9. The Morgan fingerprint density at radius 1 is 1.00 bits per heavy atom.